The van der Waals surface area contributed by atoms with Crippen molar-refractivity contribution in [2.24, 2.45) is 4.99 Å². The second-order valence-corrected chi connectivity index (χ2v) is 6.81. The number of benzene rings is 2. The Bertz CT molecular complexity index is 790. The van der Waals surface area contributed by atoms with Gasteiger partial charge in [-0.15, -0.1) is 24.0 Å². The number of hydrogen-bond acceptors (Lipinski definition) is 4. The summed E-state index contributed by atoms with van der Waals surface area (Å²) in [5, 5.41) is 16.5. The Hall–Kier alpha value is -1.68. The first-order chi connectivity index (χ1) is 13.1. The number of nitrogens with zero attached hydrogens (tertiary/aromatic N) is 1. The number of ether oxygens (including phenoxy) is 1. The van der Waals surface area contributed by atoms with Gasteiger partial charge in [-0.1, -0.05) is 12.1 Å². The lowest BCUT2D eigenvalue weighted by Gasteiger charge is -2.14. The highest BCUT2D eigenvalue weighted by Gasteiger charge is 2.07. The van der Waals surface area contributed by atoms with Crippen molar-refractivity contribution in [3.05, 3.63) is 58.9 Å². The zero-order chi connectivity index (χ0) is 19.6. The number of halogens is 2. The number of thioether (sulfide) groups is 1. The normalized spacial score (nSPS) is 10.9. The SMILES string of the molecule is CN=C(NCCc1ccc(OC)cc1O)NCc1ccc(F)cc1CSC.I. The smallest absolute Gasteiger partial charge is 0.191 e. The van der Waals surface area contributed by atoms with Crippen molar-refractivity contribution >= 4 is 41.7 Å². The van der Waals surface area contributed by atoms with Crippen molar-refractivity contribution in [2.45, 2.75) is 18.7 Å². The molecule has 154 valence electrons. The molecule has 0 aromatic heterocycles. The minimum Gasteiger partial charge on any atom is -0.508 e. The summed E-state index contributed by atoms with van der Waals surface area (Å²) in [6.07, 6.45) is 2.64. The molecule has 5 nitrogen and oxygen atoms in total. The fraction of sp³-hybridized carbons (Fsp3) is 0.350. The lowest BCUT2D eigenvalue weighted by molar-refractivity contribution is 0.406. The maximum atomic E-state index is 13.4. The average Bonchev–Trinajstić information content (AvgIpc) is 2.67. The Labute approximate surface area is 187 Å². The van der Waals surface area contributed by atoms with Gasteiger partial charge in [-0.3, -0.25) is 4.99 Å². The summed E-state index contributed by atoms with van der Waals surface area (Å²) in [7, 11) is 3.27. The molecular weight excluding hydrogens is 492 g/mol. The van der Waals surface area contributed by atoms with E-state index in [1.165, 1.54) is 6.07 Å². The standard InChI is InChI=1S/C20H26FN3O2S.HI/c1-22-20(23-9-8-14-5-7-18(26-2)11-19(14)25)24-12-15-4-6-17(21)10-16(15)13-27-3;/h4-7,10-11,25H,8-9,12-13H2,1-3H3,(H2,22,23,24);1H. The average molecular weight is 519 g/mol. The van der Waals surface area contributed by atoms with E-state index in [2.05, 4.69) is 15.6 Å². The molecule has 8 heteroatoms. The minimum atomic E-state index is -0.218. The first kappa shape index (κ1) is 24.4. The van der Waals surface area contributed by atoms with Crippen LogP contribution in [0.5, 0.6) is 11.5 Å². The van der Waals surface area contributed by atoms with Gasteiger partial charge >= 0.3 is 0 Å². The molecule has 0 aliphatic rings. The summed E-state index contributed by atoms with van der Waals surface area (Å²) in [6, 6.07) is 10.1. The van der Waals surface area contributed by atoms with E-state index >= 15 is 0 Å². The third-order valence-corrected chi connectivity index (χ3v) is 4.72. The molecule has 0 heterocycles. The molecule has 0 atom stereocenters. The van der Waals surface area contributed by atoms with E-state index in [0.717, 1.165) is 22.4 Å². The van der Waals surface area contributed by atoms with E-state index in [4.69, 9.17) is 4.74 Å². The highest BCUT2D eigenvalue weighted by Crippen LogP contribution is 2.23. The van der Waals surface area contributed by atoms with Crippen LogP contribution in [0.3, 0.4) is 0 Å². The second-order valence-electron chi connectivity index (χ2n) is 5.94. The molecule has 3 N–H and O–H groups in total. The molecule has 0 unspecified atom stereocenters. The molecule has 0 aliphatic heterocycles. The fourth-order valence-corrected chi connectivity index (χ4v) is 3.23. The van der Waals surface area contributed by atoms with Gasteiger partial charge in [0.05, 0.1) is 7.11 Å². The van der Waals surface area contributed by atoms with Gasteiger partial charge in [0.1, 0.15) is 17.3 Å². The molecule has 0 saturated carbocycles. The lowest BCUT2D eigenvalue weighted by Crippen LogP contribution is -2.38. The predicted molar refractivity (Wildman–Crippen MR) is 126 cm³/mol. The van der Waals surface area contributed by atoms with Crippen LogP contribution < -0.4 is 15.4 Å². The van der Waals surface area contributed by atoms with Gasteiger partial charge in [0, 0.05) is 32.0 Å². The number of hydrogen-bond donors (Lipinski definition) is 3. The lowest BCUT2D eigenvalue weighted by atomic mass is 10.1. The first-order valence-electron chi connectivity index (χ1n) is 8.64. The van der Waals surface area contributed by atoms with Gasteiger partial charge in [0.15, 0.2) is 5.96 Å². The summed E-state index contributed by atoms with van der Waals surface area (Å²) < 4.78 is 18.5. The molecule has 0 radical (unpaired) electrons. The van der Waals surface area contributed by atoms with Crippen LogP contribution in [0.15, 0.2) is 41.4 Å². The van der Waals surface area contributed by atoms with Crippen LogP contribution in [0.4, 0.5) is 4.39 Å². The molecular formula is C20H27FIN3O2S. The van der Waals surface area contributed by atoms with E-state index in [0.29, 0.717) is 31.2 Å². The van der Waals surface area contributed by atoms with Gasteiger partial charge < -0.3 is 20.5 Å². The third kappa shape index (κ3) is 7.38. The van der Waals surface area contributed by atoms with E-state index in [9.17, 15) is 9.50 Å². The molecule has 0 bridgehead atoms. The van der Waals surface area contributed by atoms with E-state index < -0.39 is 0 Å². The monoisotopic (exact) mass is 519 g/mol. The molecule has 0 aliphatic carbocycles. The molecule has 28 heavy (non-hydrogen) atoms. The number of rotatable bonds is 8. The van der Waals surface area contributed by atoms with Crippen molar-refractivity contribution in [2.75, 3.05) is 27.0 Å². The summed E-state index contributed by atoms with van der Waals surface area (Å²) >= 11 is 1.66. The van der Waals surface area contributed by atoms with Crippen molar-refractivity contribution in [1.29, 1.82) is 0 Å². The van der Waals surface area contributed by atoms with Crippen LogP contribution in [0, 0.1) is 5.82 Å². The minimum absolute atomic E-state index is 0. The Kier molecular flexibility index (Phi) is 11.1. The number of guanidine groups is 1. The number of aromatic hydroxyl groups is 1. The molecule has 0 saturated heterocycles. The van der Waals surface area contributed by atoms with Gasteiger partial charge in [-0.2, -0.15) is 11.8 Å². The maximum Gasteiger partial charge on any atom is 0.191 e. The predicted octanol–water partition coefficient (Wildman–Crippen LogP) is 3.93. The van der Waals surface area contributed by atoms with Crippen LogP contribution in [0.1, 0.15) is 16.7 Å². The maximum absolute atomic E-state index is 13.4. The first-order valence-corrected chi connectivity index (χ1v) is 10.0. The van der Waals surface area contributed by atoms with Crippen LogP contribution >= 0.6 is 35.7 Å². The number of phenolic OH excluding ortho intramolecular Hbond substituents is 1. The zero-order valence-corrected chi connectivity index (χ0v) is 19.4. The Morgan fingerprint density at radius 3 is 2.54 bits per heavy atom. The molecule has 2 rings (SSSR count). The van der Waals surface area contributed by atoms with Crippen LogP contribution in [0.2, 0.25) is 0 Å². The highest BCUT2D eigenvalue weighted by atomic mass is 127. The molecule has 0 amide bonds. The van der Waals surface area contributed by atoms with Crippen molar-refractivity contribution < 1.29 is 14.2 Å². The summed E-state index contributed by atoms with van der Waals surface area (Å²) in [5.41, 5.74) is 2.86. The van der Waals surface area contributed by atoms with Gasteiger partial charge in [0.2, 0.25) is 0 Å². The number of nitrogens with one attached hydrogen (secondary N) is 2. The van der Waals surface area contributed by atoms with Crippen LogP contribution in [0.25, 0.3) is 0 Å². The van der Waals surface area contributed by atoms with Crippen molar-refractivity contribution in [3.63, 3.8) is 0 Å². The Balaban J connectivity index is 0.00000392. The Morgan fingerprint density at radius 2 is 1.89 bits per heavy atom. The van der Waals surface area contributed by atoms with E-state index in [-0.39, 0.29) is 35.5 Å². The van der Waals surface area contributed by atoms with Crippen LogP contribution in [-0.4, -0.2) is 38.0 Å². The second kappa shape index (κ2) is 12.7. The zero-order valence-electron chi connectivity index (χ0n) is 16.3. The number of aliphatic imine (C=N–C) groups is 1. The third-order valence-electron chi connectivity index (χ3n) is 4.12. The topological polar surface area (TPSA) is 65.9 Å². The summed E-state index contributed by atoms with van der Waals surface area (Å²) in [6.45, 7) is 1.17. The van der Waals surface area contributed by atoms with E-state index in [1.54, 1.807) is 44.1 Å². The Morgan fingerprint density at radius 1 is 1.14 bits per heavy atom. The van der Waals surface area contributed by atoms with E-state index in [1.807, 2.05) is 18.4 Å². The molecule has 2 aromatic rings. The van der Waals surface area contributed by atoms with Crippen molar-refractivity contribution in [1.82, 2.24) is 10.6 Å². The largest absolute Gasteiger partial charge is 0.508 e. The quantitative estimate of drug-likeness (QED) is 0.280. The molecule has 0 spiro atoms. The number of methoxy groups -OCH3 is 1. The van der Waals surface area contributed by atoms with Gasteiger partial charge in [0.25, 0.3) is 0 Å². The molecule has 2 aromatic carbocycles. The fourth-order valence-electron chi connectivity index (χ4n) is 2.65. The van der Waals surface area contributed by atoms with Gasteiger partial charge in [-0.05, 0) is 47.6 Å². The van der Waals surface area contributed by atoms with Gasteiger partial charge in [-0.25, -0.2) is 4.39 Å². The highest BCUT2D eigenvalue weighted by molar-refractivity contribution is 14.0. The van der Waals surface area contributed by atoms with Crippen molar-refractivity contribution in [3.8, 4) is 11.5 Å². The summed E-state index contributed by atoms with van der Waals surface area (Å²) in [5.74, 6) is 2.04. The molecule has 0 fully saturated rings. The van der Waals surface area contributed by atoms with Crippen LogP contribution in [-0.2, 0) is 18.7 Å². The number of phenols is 1. The summed E-state index contributed by atoms with van der Waals surface area (Å²) in [4.78, 5) is 4.21.